The summed E-state index contributed by atoms with van der Waals surface area (Å²) in [5, 5.41) is 0. The quantitative estimate of drug-likeness (QED) is 0.141. The number of pyridine rings is 3. The van der Waals surface area contributed by atoms with Gasteiger partial charge in [-0.05, 0) is 47.5 Å². The molecule has 10 rings (SSSR count). The molecule has 0 unspecified atom stereocenters. The van der Waals surface area contributed by atoms with Gasteiger partial charge in [-0.2, -0.15) is 0 Å². The molecule has 60 heavy (non-hydrogen) atoms. The lowest BCUT2D eigenvalue weighted by atomic mass is 9.97. The predicted octanol–water partition coefficient (Wildman–Crippen LogP) is 11.2. The van der Waals surface area contributed by atoms with E-state index in [0.29, 0.717) is 52.0 Å². The standard InChI is InChI=1S/C51H33N9/c1-5-17-34(18-6-1)46-55-47(35-19-7-2-8-20-35)58-50(57-46)38-28-30-53-43(31-38)45-33-39(32-44(54-45)42-27-15-16-29-52-42)40-25-13-14-26-41(40)51-59-48(36-21-9-3-10-22-36)56-49(60-51)37-23-11-4-12-24-37/h1-33H. The Balaban J connectivity index is 1.13. The fraction of sp³-hybridized carbons (Fsp3) is 0. The van der Waals surface area contributed by atoms with Crippen LogP contribution in [0.4, 0.5) is 0 Å². The topological polar surface area (TPSA) is 116 Å². The van der Waals surface area contributed by atoms with Gasteiger partial charge in [-0.3, -0.25) is 9.97 Å². The lowest BCUT2D eigenvalue weighted by Crippen LogP contribution is -2.01. The maximum Gasteiger partial charge on any atom is 0.164 e. The molecule has 0 bridgehead atoms. The molecule has 0 aliphatic rings. The molecule has 5 aromatic carbocycles. The molecule has 282 valence electrons. The summed E-state index contributed by atoms with van der Waals surface area (Å²) >= 11 is 0. The highest BCUT2D eigenvalue weighted by molar-refractivity contribution is 5.85. The summed E-state index contributed by atoms with van der Waals surface area (Å²) in [5.74, 6) is 3.41. The van der Waals surface area contributed by atoms with E-state index in [1.54, 1.807) is 12.4 Å². The summed E-state index contributed by atoms with van der Waals surface area (Å²) < 4.78 is 0. The molecular formula is C51H33N9. The molecule has 0 aliphatic heterocycles. The zero-order chi connectivity index (χ0) is 40.1. The Kier molecular flexibility index (Phi) is 9.71. The molecule has 0 fully saturated rings. The number of aromatic nitrogens is 9. The molecule has 9 heteroatoms. The van der Waals surface area contributed by atoms with Crippen molar-refractivity contribution in [2.75, 3.05) is 0 Å². The predicted molar refractivity (Wildman–Crippen MR) is 236 cm³/mol. The summed E-state index contributed by atoms with van der Waals surface area (Å²) in [6.45, 7) is 0. The van der Waals surface area contributed by atoms with Crippen LogP contribution in [0.2, 0.25) is 0 Å². The van der Waals surface area contributed by atoms with Gasteiger partial charge in [-0.25, -0.2) is 34.9 Å². The zero-order valence-electron chi connectivity index (χ0n) is 32.1. The van der Waals surface area contributed by atoms with E-state index in [2.05, 4.69) is 17.1 Å². The Bertz CT molecular complexity index is 2960. The Morgan fingerprint density at radius 1 is 0.217 bits per heavy atom. The first-order valence-corrected chi connectivity index (χ1v) is 19.5. The largest absolute Gasteiger partial charge is 0.255 e. The maximum atomic E-state index is 5.16. The molecule has 5 aromatic heterocycles. The van der Waals surface area contributed by atoms with Gasteiger partial charge >= 0.3 is 0 Å². The van der Waals surface area contributed by atoms with Crippen LogP contribution >= 0.6 is 0 Å². The van der Waals surface area contributed by atoms with E-state index in [1.165, 1.54) is 0 Å². The maximum absolute atomic E-state index is 5.16. The average molecular weight is 772 g/mol. The Labute approximate surface area is 346 Å². The monoisotopic (exact) mass is 771 g/mol. The van der Waals surface area contributed by atoms with Gasteiger partial charge in [0.15, 0.2) is 34.9 Å². The fourth-order valence-corrected chi connectivity index (χ4v) is 6.97. The first-order valence-electron chi connectivity index (χ1n) is 19.5. The third-order valence-electron chi connectivity index (χ3n) is 9.91. The number of nitrogens with zero attached hydrogens (tertiary/aromatic N) is 9. The molecule has 0 spiro atoms. The van der Waals surface area contributed by atoms with Crippen molar-refractivity contribution in [3.05, 3.63) is 200 Å². The summed E-state index contributed by atoms with van der Waals surface area (Å²) in [6, 6.07) is 61.8. The van der Waals surface area contributed by atoms with Gasteiger partial charge < -0.3 is 0 Å². The molecular weight excluding hydrogens is 739 g/mol. The van der Waals surface area contributed by atoms with Gasteiger partial charge in [-0.1, -0.05) is 152 Å². The second kappa shape index (κ2) is 16.2. The van der Waals surface area contributed by atoms with E-state index >= 15 is 0 Å². The number of benzene rings is 5. The second-order valence-corrected chi connectivity index (χ2v) is 13.9. The van der Waals surface area contributed by atoms with Crippen LogP contribution in [-0.4, -0.2) is 44.9 Å². The lowest BCUT2D eigenvalue weighted by molar-refractivity contribution is 1.07. The van der Waals surface area contributed by atoms with Crippen LogP contribution in [0.15, 0.2) is 200 Å². The summed E-state index contributed by atoms with van der Waals surface area (Å²) in [4.78, 5) is 44.6. The van der Waals surface area contributed by atoms with Gasteiger partial charge in [0.2, 0.25) is 0 Å². The molecule has 0 saturated heterocycles. The van der Waals surface area contributed by atoms with E-state index in [4.69, 9.17) is 39.9 Å². The van der Waals surface area contributed by atoms with Crippen molar-refractivity contribution in [1.29, 1.82) is 0 Å². The van der Waals surface area contributed by atoms with Crippen molar-refractivity contribution < 1.29 is 0 Å². The average Bonchev–Trinajstić information content (AvgIpc) is 3.35. The van der Waals surface area contributed by atoms with E-state index < -0.39 is 0 Å². The van der Waals surface area contributed by atoms with Crippen LogP contribution in [-0.2, 0) is 0 Å². The smallest absolute Gasteiger partial charge is 0.164 e. The van der Waals surface area contributed by atoms with Crippen LogP contribution in [0.3, 0.4) is 0 Å². The summed E-state index contributed by atoms with van der Waals surface area (Å²) in [5.41, 5.74) is 9.71. The molecule has 10 aromatic rings. The molecule has 9 nitrogen and oxygen atoms in total. The number of hydrogen-bond donors (Lipinski definition) is 0. The lowest BCUT2D eigenvalue weighted by Gasteiger charge is -2.14. The van der Waals surface area contributed by atoms with E-state index in [0.717, 1.165) is 50.2 Å². The van der Waals surface area contributed by atoms with Crippen molar-refractivity contribution >= 4 is 0 Å². The van der Waals surface area contributed by atoms with E-state index in [1.807, 2.05) is 176 Å². The third-order valence-corrected chi connectivity index (χ3v) is 9.91. The molecule has 0 N–H and O–H groups in total. The van der Waals surface area contributed by atoms with Crippen molar-refractivity contribution in [1.82, 2.24) is 44.9 Å². The normalized spacial score (nSPS) is 11.0. The molecule has 0 saturated carbocycles. The van der Waals surface area contributed by atoms with Crippen molar-refractivity contribution in [3.8, 4) is 102 Å². The first-order chi connectivity index (χ1) is 29.7. The minimum atomic E-state index is 0.524. The highest BCUT2D eigenvalue weighted by atomic mass is 15.0. The van der Waals surface area contributed by atoms with Crippen molar-refractivity contribution in [3.63, 3.8) is 0 Å². The Morgan fingerprint density at radius 3 is 1.08 bits per heavy atom. The van der Waals surface area contributed by atoms with Gasteiger partial charge in [0.05, 0.1) is 22.8 Å². The summed E-state index contributed by atoms with van der Waals surface area (Å²) in [6.07, 6.45) is 3.54. The molecule has 0 radical (unpaired) electrons. The van der Waals surface area contributed by atoms with Crippen molar-refractivity contribution in [2.45, 2.75) is 0 Å². The Hall–Kier alpha value is -8.43. The van der Waals surface area contributed by atoms with Crippen molar-refractivity contribution in [2.24, 2.45) is 0 Å². The third kappa shape index (κ3) is 7.54. The number of rotatable bonds is 9. The van der Waals surface area contributed by atoms with Crippen LogP contribution in [0.5, 0.6) is 0 Å². The molecule has 0 amide bonds. The number of hydrogen-bond acceptors (Lipinski definition) is 9. The second-order valence-electron chi connectivity index (χ2n) is 13.9. The van der Waals surface area contributed by atoms with Crippen LogP contribution < -0.4 is 0 Å². The highest BCUT2D eigenvalue weighted by Gasteiger charge is 2.19. The summed E-state index contributed by atoms with van der Waals surface area (Å²) in [7, 11) is 0. The molecule has 0 atom stereocenters. The Morgan fingerprint density at radius 2 is 0.600 bits per heavy atom. The van der Waals surface area contributed by atoms with Crippen LogP contribution in [0.25, 0.3) is 102 Å². The molecule has 5 heterocycles. The van der Waals surface area contributed by atoms with Gasteiger partial charge in [-0.15, -0.1) is 0 Å². The van der Waals surface area contributed by atoms with Crippen LogP contribution in [0.1, 0.15) is 0 Å². The fourth-order valence-electron chi connectivity index (χ4n) is 6.97. The van der Waals surface area contributed by atoms with Gasteiger partial charge in [0.25, 0.3) is 0 Å². The van der Waals surface area contributed by atoms with E-state index in [-0.39, 0.29) is 0 Å². The SMILES string of the molecule is c1ccc(-c2nc(-c3ccccc3)nc(-c3ccnc(-c4cc(-c5ccccc5-c5nc(-c6ccccc6)nc(-c6ccccc6)n5)cc(-c5ccccn5)n4)c3)n2)cc1. The van der Waals surface area contributed by atoms with Gasteiger partial charge in [0, 0.05) is 45.8 Å². The minimum absolute atomic E-state index is 0.524. The zero-order valence-corrected chi connectivity index (χ0v) is 32.1. The first kappa shape index (κ1) is 35.9. The minimum Gasteiger partial charge on any atom is -0.255 e. The van der Waals surface area contributed by atoms with E-state index in [9.17, 15) is 0 Å². The highest BCUT2D eigenvalue weighted by Crippen LogP contribution is 2.36. The van der Waals surface area contributed by atoms with Gasteiger partial charge in [0.1, 0.15) is 0 Å². The molecule has 0 aliphatic carbocycles. The van der Waals surface area contributed by atoms with Crippen LogP contribution in [0, 0.1) is 0 Å².